The van der Waals surface area contributed by atoms with Gasteiger partial charge in [0.05, 0.1) is 11.1 Å². The highest BCUT2D eigenvalue weighted by Gasteiger charge is 2.09. The quantitative estimate of drug-likeness (QED) is 0.698. The molecule has 0 heterocycles. The maximum Gasteiger partial charge on any atom is 0.124 e. The van der Waals surface area contributed by atoms with Gasteiger partial charge < -0.3 is 5.11 Å². The number of phenolic OH excluding ortho intramolecular Hbond substituents is 1. The van der Waals surface area contributed by atoms with Crippen molar-refractivity contribution in [2.75, 3.05) is 0 Å². The van der Waals surface area contributed by atoms with Crippen LogP contribution in [0.15, 0.2) is 18.7 Å². The molecule has 0 amide bonds. The molecule has 0 radical (unpaired) electrons. The van der Waals surface area contributed by atoms with E-state index in [-0.39, 0.29) is 16.9 Å². The topological polar surface area (TPSA) is 67.8 Å². The van der Waals surface area contributed by atoms with E-state index in [0.717, 1.165) is 0 Å². The van der Waals surface area contributed by atoms with Crippen molar-refractivity contribution in [3.8, 4) is 17.9 Å². The maximum absolute atomic E-state index is 9.31. The number of nitrogens with zero attached hydrogens (tertiary/aromatic N) is 2. The highest BCUT2D eigenvalue weighted by Crippen LogP contribution is 2.24. The largest absolute Gasteiger partial charge is 0.507 e. The molecule has 1 aromatic rings. The molecule has 1 rings (SSSR count). The summed E-state index contributed by atoms with van der Waals surface area (Å²) in [5, 5.41) is 26.7. The lowest BCUT2D eigenvalue weighted by Gasteiger charge is -2.01. The Bertz CT molecular complexity index is 435. The minimum Gasteiger partial charge on any atom is -0.507 e. The average molecular weight is 170 g/mol. The first-order valence-electron chi connectivity index (χ1n) is 3.53. The molecule has 0 spiro atoms. The summed E-state index contributed by atoms with van der Waals surface area (Å²) < 4.78 is 0. The zero-order valence-corrected chi connectivity index (χ0v) is 6.78. The second-order valence-corrected chi connectivity index (χ2v) is 2.35. The fraction of sp³-hybridized carbons (Fsp3) is 0. The Kier molecular flexibility index (Phi) is 2.33. The number of hydrogen-bond acceptors (Lipinski definition) is 3. The van der Waals surface area contributed by atoms with Crippen LogP contribution in [-0.2, 0) is 0 Å². The van der Waals surface area contributed by atoms with Crippen LogP contribution in [0, 0.1) is 22.7 Å². The van der Waals surface area contributed by atoms with Crippen LogP contribution in [0.1, 0.15) is 16.7 Å². The van der Waals surface area contributed by atoms with Gasteiger partial charge in [-0.3, -0.25) is 0 Å². The van der Waals surface area contributed by atoms with Gasteiger partial charge in [-0.05, 0) is 12.1 Å². The molecule has 3 heteroatoms. The number of phenols is 1. The molecule has 1 N–H and O–H groups in total. The zero-order chi connectivity index (χ0) is 9.84. The van der Waals surface area contributed by atoms with Crippen LogP contribution in [0.4, 0.5) is 0 Å². The van der Waals surface area contributed by atoms with Crippen molar-refractivity contribution in [1.29, 1.82) is 10.5 Å². The second-order valence-electron chi connectivity index (χ2n) is 2.35. The predicted octanol–water partition coefficient (Wildman–Crippen LogP) is 1.78. The van der Waals surface area contributed by atoms with Crippen LogP contribution in [0.5, 0.6) is 5.75 Å². The highest BCUT2D eigenvalue weighted by atomic mass is 16.3. The molecule has 0 aromatic heterocycles. The molecule has 0 saturated heterocycles. The number of aromatic hydroxyl groups is 1. The Balaban J connectivity index is 3.59. The first-order chi connectivity index (χ1) is 6.24. The van der Waals surface area contributed by atoms with E-state index in [4.69, 9.17) is 10.5 Å². The zero-order valence-electron chi connectivity index (χ0n) is 6.78. The SMILES string of the molecule is C=Cc1c(O)ccc(C#N)c1C#N. The third kappa shape index (κ3) is 1.36. The Morgan fingerprint density at radius 1 is 1.31 bits per heavy atom. The summed E-state index contributed by atoms with van der Waals surface area (Å²) in [6, 6.07) is 6.50. The van der Waals surface area contributed by atoms with Crippen molar-refractivity contribution in [3.63, 3.8) is 0 Å². The molecule has 0 bridgehead atoms. The molecule has 1 aromatic carbocycles. The van der Waals surface area contributed by atoms with Crippen molar-refractivity contribution in [1.82, 2.24) is 0 Å². The second kappa shape index (κ2) is 3.42. The van der Waals surface area contributed by atoms with Gasteiger partial charge in [0, 0.05) is 5.56 Å². The summed E-state index contributed by atoms with van der Waals surface area (Å²) in [5.41, 5.74) is 0.717. The van der Waals surface area contributed by atoms with Crippen LogP contribution in [0.2, 0.25) is 0 Å². The number of benzene rings is 1. The summed E-state index contributed by atoms with van der Waals surface area (Å²) >= 11 is 0. The molecule has 62 valence electrons. The first kappa shape index (κ1) is 8.83. The van der Waals surface area contributed by atoms with Crippen molar-refractivity contribution < 1.29 is 5.11 Å². The molecule has 0 aliphatic heterocycles. The van der Waals surface area contributed by atoms with Crippen LogP contribution in [0.25, 0.3) is 6.08 Å². The van der Waals surface area contributed by atoms with Crippen molar-refractivity contribution >= 4 is 6.08 Å². The van der Waals surface area contributed by atoms with E-state index < -0.39 is 0 Å². The molecular formula is C10H6N2O. The van der Waals surface area contributed by atoms with Gasteiger partial charge in [0.2, 0.25) is 0 Å². The predicted molar refractivity (Wildman–Crippen MR) is 47.6 cm³/mol. The Labute approximate surface area is 75.8 Å². The summed E-state index contributed by atoms with van der Waals surface area (Å²) in [7, 11) is 0. The van der Waals surface area contributed by atoms with Gasteiger partial charge in [-0.1, -0.05) is 12.7 Å². The lowest BCUT2D eigenvalue weighted by Crippen LogP contribution is -1.88. The Morgan fingerprint density at radius 2 is 2.00 bits per heavy atom. The Morgan fingerprint density at radius 3 is 2.46 bits per heavy atom. The lowest BCUT2D eigenvalue weighted by molar-refractivity contribution is 0.474. The molecular weight excluding hydrogens is 164 g/mol. The monoisotopic (exact) mass is 170 g/mol. The summed E-state index contributed by atoms with van der Waals surface area (Å²) in [5.74, 6) is -0.0365. The van der Waals surface area contributed by atoms with Gasteiger partial charge in [0.1, 0.15) is 17.9 Å². The molecule has 0 atom stereocenters. The van der Waals surface area contributed by atoms with Crippen molar-refractivity contribution in [3.05, 3.63) is 35.4 Å². The van der Waals surface area contributed by atoms with Crippen LogP contribution < -0.4 is 0 Å². The molecule has 0 aliphatic rings. The third-order valence-corrected chi connectivity index (χ3v) is 1.66. The van der Waals surface area contributed by atoms with Gasteiger partial charge >= 0.3 is 0 Å². The minimum atomic E-state index is -0.0365. The van der Waals surface area contributed by atoms with E-state index in [1.807, 2.05) is 12.1 Å². The smallest absolute Gasteiger partial charge is 0.124 e. The van der Waals surface area contributed by atoms with Gasteiger partial charge in [-0.15, -0.1) is 0 Å². The lowest BCUT2D eigenvalue weighted by atomic mass is 10.0. The third-order valence-electron chi connectivity index (χ3n) is 1.66. The number of hydrogen-bond donors (Lipinski definition) is 1. The minimum absolute atomic E-state index is 0.0365. The number of nitriles is 2. The fourth-order valence-corrected chi connectivity index (χ4v) is 1.03. The highest BCUT2D eigenvalue weighted by molar-refractivity contribution is 5.67. The van der Waals surface area contributed by atoms with Crippen LogP contribution in [-0.4, -0.2) is 5.11 Å². The summed E-state index contributed by atoms with van der Waals surface area (Å²) in [6.07, 6.45) is 1.36. The molecule has 0 fully saturated rings. The molecule has 13 heavy (non-hydrogen) atoms. The first-order valence-corrected chi connectivity index (χ1v) is 3.53. The molecule has 3 nitrogen and oxygen atoms in total. The van der Waals surface area contributed by atoms with E-state index >= 15 is 0 Å². The van der Waals surface area contributed by atoms with E-state index in [9.17, 15) is 5.11 Å². The Hall–Kier alpha value is -2.26. The van der Waals surface area contributed by atoms with Crippen LogP contribution >= 0.6 is 0 Å². The normalized spacial score (nSPS) is 8.46. The fourth-order valence-electron chi connectivity index (χ4n) is 1.03. The van der Waals surface area contributed by atoms with Crippen molar-refractivity contribution in [2.24, 2.45) is 0 Å². The molecule has 0 aliphatic carbocycles. The summed E-state index contributed by atoms with van der Waals surface area (Å²) in [6.45, 7) is 3.46. The van der Waals surface area contributed by atoms with E-state index in [1.165, 1.54) is 18.2 Å². The van der Waals surface area contributed by atoms with Crippen molar-refractivity contribution in [2.45, 2.75) is 0 Å². The summed E-state index contributed by atoms with van der Waals surface area (Å²) in [4.78, 5) is 0. The molecule has 0 unspecified atom stereocenters. The average Bonchev–Trinajstić information content (AvgIpc) is 2.17. The van der Waals surface area contributed by atoms with E-state index in [1.54, 1.807) is 0 Å². The van der Waals surface area contributed by atoms with Gasteiger partial charge in [0.25, 0.3) is 0 Å². The maximum atomic E-state index is 9.31. The van der Waals surface area contributed by atoms with E-state index in [0.29, 0.717) is 5.56 Å². The van der Waals surface area contributed by atoms with E-state index in [2.05, 4.69) is 6.58 Å². The van der Waals surface area contributed by atoms with Crippen LogP contribution in [0.3, 0.4) is 0 Å². The van der Waals surface area contributed by atoms with Gasteiger partial charge in [-0.25, -0.2) is 0 Å². The van der Waals surface area contributed by atoms with Gasteiger partial charge in [0.15, 0.2) is 0 Å². The van der Waals surface area contributed by atoms with Gasteiger partial charge in [-0.2, -0.15) is 10.5 Å². The standard InChI is InChI=1S/C10H6N2O/c1-2-8-9(6-12)7(5-11)3-4-10(8)13/h2-4,13H,1H2. The number of rotatable bonds is 1. The molecule has 0 saturated carbocycles.